The van der Waals surface area contributed by atoms with Gasteiger partial charge in [-0.05, 0) is 44.7 Å². The fraction of sp³-hybridized carbons (Fsp3) is 0.357. The number of thiazole rings is 1. The van der Waals surface area contributed by atoms with Crippen LogP contribution in [0.3, 0.4) is 0 Å². The lowest BCUT2D eigenvalue weighted by Crippen LogP contribution is -2.18. The summed E-state index contributed by atoms with van der Waals surface area (Å²) >= 11 is 8.87. The smallest absolute Gasteiger partial charge is 0.0949 e. The van der Waals surface area contributed by atoms with Crippen LogP contribution in [0.2, 0.25) is 0 Å². The summed E-state index contributed by atoms with van der Waals surface area (Å²) in [5.74, 6) is 0. The number of nitrogens with zero attached hydrogens (tertiary/aromatic N) is 1. The van der Waals surface area contributed by atoms with Gasteiger partial charge in [-0.15, -0.1) is 11.3 Å². The first-order valence-electron chi connectivity index (χ1n) is 6.05. The molecule has 0 fully saturated rings. The normalized spacial score (nSPS) is 12.7. The molecule has 19 heavy (non-hydrogen) atoms. The maximum Gasteiger partial charge on any atom is 0.0949 e. The second-order valence-corrected chi connectivity index (χ2v) is 7.62. The molecule has 0 bridgehead atoms. The Morgan fingerprint density at radius 3 is 2.32 bits per heavy atom. The van der Waals surface area contributed by atoms with Crippen LogP contribution in [0.15, 0.2) is 27.1 Å². The third-order valence-electron chi connectivity index (χ3n) is 3.09. The molecule has 0 radical (unpaired) electrons. The van der Waals surface area contributed by atoms with Gasteiger partial charge in [0.05, 0.1) is 10.7 Å². The van der Waals surface area contributed by atoms with Crippen LogP contribution in [-0.2, 0) is 6.42 Å². The Kier molecular flexibility index (Phi) is 5.17. The summed E-state index contributed by atoms with van der Waals surface area (Å²) in [6, 6.07) is 6.63. The minimum absolute atomic E-state index is 0.277. The molecule has 1 heterocycles. The summed E-state index contributed by atoms with van der Waals surface area (Å²) < 4.78 is 2.17. The molecule has 1 atom stereocenters. The van der Waals surface area contributed by atoms with Gasteiger partial charge in [-0.25, -0.2) is 4.98 Å². The minimum atomic E-state index is 0.277. The molecule has 5 heteroatoms. The number of halogens is 2. The Morgan fingerprint density at radius 2 is 1.84 bits per heavy atom. The molecular formula is C14H16Br2N2S. The quantitative estimate of drug-likeness (QED) is 0.793. The molecule has 0 aliphatic carbocycles. The number of hydrogen-bond donors (Lipinski definition) is 1. The third-order valence-corrected chi connectivity index (χ3v) is 5.10. The monoisotopic (exact) mass is 402 g/mol. The Balaban J connectivity index is 2.24. The van der Waals surface area contributed by atoms with Crippen molar-refractivity contribution in [2.75, 3.05) is 7.05 Å². The van der Waals surface area contributed by atoms with E-state index < -0.39 is 0 Å². The average Bonchev–Trinajstić information content (AvgIpc) is 2.64. The van der Waals surface area contributed by atoms with Crippen LogP contribution in [0.1, 0.15) is 27.2 Å². The van der Waals surface area contributed by atoms with Gasteiger partial charge in [0.2, 0.25) is 0 Å². The van der Waals surface area contributed by atoms with Crippen molar-refractivity contribution in [2.24, 2.45) is 0 Å². The van der Waals surface area contributed by atoms with Crippen LogP contribution in [0, 0.1) is 13.8 Å². The summed E-state index contributed by atoms with van der Waals surface area (Å²) in [4.78, 5) is 5.93. The molecule has 1 aromatic carbocycles. The Bertz CT molecular complexity index is 541. The van der Waals surface area contributed by atoms with E-state index in [9.17, 15) is 0 Å². The first-order chi connectivity index (χ1) is 8.99. The van der Waals surface area contributed by atoms with Crippen molar-refractivity contribution >= 4 is 43.2 Å². The van der Waals surface area contributed by atoms with Gasteiger partial charge in [-0.1, -0.05) is 31.9 Å². The van der Waals surface area contributed by atoms with Gasteiger partial charge in [-0.2, -0.15) is 0 Å². The molecule has 102 valence electrons. The highest BCUT2D eigenvalue weighted by Gasteiger charge is 2.14. The van der Waals surface area contributed by atoms with Gasteiger partial charge in [0.1, 0.15) is 0 Å². The number of aromatic nitrogens is 1. The summed E-state index contributed by atoms with van der Waals surface area (Å²) in [5, 5.41) is 4.56. The molecule has 1 unspecified atom stereocenters. The van der Waals surface area contributed by atoms with Crippen LogP contribution in [0.4, 0.5) is 0 Å². The van der Waals surface area contributed by atoms with E-state index in [1.54, 1.807) is 11.3 Å². The first-order valence-corrected chi connectivity index (χ1v) is 8.46. The number of rotatable bonds is 4. The molecule has 0 aliphatic heterocycles. The second-order valence-electron chi connectivity index (χ2n) is 4.50. The van der Waals surface area contributed by atoms with E-state index in [2.05, 4.69) is 68.1 Å². The summed E-state index contributed by atoms with van der Waals surface area (Å²) in [6.07, 6.45) is 0.915. The minimum Gasteiger partial charge on any atom is -0.313 e. The maximum absolute atomic E-state index is 4.62. The van der Waals surface area contributed by atoms with E-state index in [0.717, 1.165) is 21.1 Å². The maximum atomic E-state index is 4.62. The SMILES string of the molecule is CNC(Cc1nc(C)c(C)s1)c1cc(Br)cc(Br)c1. The van der Waals surface area contributed by atoms with E-state index in [4.69, 9.17) is 0 Å². The van der Waals surface area contributed by atoms with Gasteiger partial charge in [0.15, 0.2) is 0 Å². The third kappa shape index (κ3) is 3.88. The van der Waals surface area contributed by atoms with E-state index in [1.807, 2.05) is 13.1 Å². The van der Waals surface area contributed by atoms with Gasteiger partial charge in [0, 0.05) is 26.3 Å². The standard InChI is InChI=1S/C14H16Br2N2S/c1-8-9(2)19-14(18-8)7-13(17-3)10-4-11(15)6-12(16)5-10/h4-6,13,17H,7H2,1-3H3. The summed E-state index contributed by atoms with van der Waals surface area (Å²) in [5.41, 5.74) is 2.40. The van der Waals surface area contributed by atoms with Crippen LogP contribution >= 0.6 is 43.2 Å². The predicted octanol–water partition coefficient (Wildman–Crippen LogP) is 4.79. The predicted molar refractivity (Wildman–Crippen MR) is 88.9 cm³/mol. The zero-order valence-electron chi connectivity index (χ0n) is 11.1. The van der Waals surface area contributed by atoms with Gasteiger partial charge in [-0.3, -0.25) is 0 Å². The number of aryl methyl sites for hydroxylation is 2. The fourth-order valence-corrected chi connectivity index (χ4v) is 4.27. The van der Waals surface area contributed by atoms with Gasteiger partial charge in [0.25, 0.3) is 0 Å². The molecule has 0 amide bonds. The number of hydrogen-bond acceptors (Lipinski definition) is 3. The second kappa shape index (κ2) is 6.48. The Hall–Kier alpha value is -0.230. The number of benzene rings is 1. The van der Waals surface area contributed by atoms with Crippen molar-refractivity contribution in [1.29, 1.82) is 0 Å². The lowest BCUT2D eigenvalue weighted by atomic mass is 10.0. The molecule has 0 spiro atoms. The van der Waals surface area contributed by atoms with Crippen molar-refractivity contribution in [1.82, 2.24) is 10.3 Å². The van der Waals surface area contributed by atoms with E-state index in [1.165, 1.54) is 15.4 Å². The molecule has 0 saturated carbocycles. The summed E-state index contributed by atoms with van der Waals surface area (Å²) in [6.45, 7) is 4.19. The zero-order chi connectivity index (χ0) is 14.0. The lowest BCUT2D eigenvalue weighted by molar-refractivity contribution is 0.589. The van der Waals surface area contributed by atoms with Crippen molar-refractivity contribution in [3.05, 3.63) is 48.3 Å². The lowest BCUT2D eigenvalue weighted by Gasteiger charge is -2.16. The summed E-state index contributed by atoms with van der Waals surface area (Å²) in [7, 11) is 1.99. The largest absolute Gasteiger partial charge is 0.313 e. The van der Waals surface area contributed by atoms with Crippen molar-refractivity contribution in [2.45, 2.75) is 26.3 Å². The van der Waals surface area contributed by atoms with Crippen molar-refractivity contribution in [3.8, 4) is 0 Å². The average molecular weight is 404 g/mol. The highest BCUT2D eigenvalue weighted by Crippen LogP contribution is 2.27. The number of nitrogens with one attached hydrogen (secondary N) is 1. The molecule has 2 nitrogen and oxygen atoms in total. The van der Waals surface area contributed by atoms with Crippen LogP contribution < -0.4 is 5.32 Å². The van der Waals surface area contributed by atoms with E-state index >= 15 is 0 Å². The van der Waals surface area contributed by atoms with E-state index in [-0.39, 0.29) is 6.04 Å². The molecule has 1 aromatic heterocycles. The van der Waals surface area contributed by atoms with Gasteiger partial charge < -0.3 is 5.32 Å². The highest BCUT2D eigenvalue weighted by molar-refractivity contribution is 9.11. The van der Waals surface area contributed by atoms with Crippen molar-refractivity contribution in [3.63, 3.8) is 0 Å². The van der Waals surface area contributed by atoms with Crippen LogP contribution in [0.25, 0.3) is 0 Å². The molecular weight excluding hydrogens is 388 g/mol. The molecule has 2 aromatic rings. The van der Waals surface area contributed by atoms with Gasteiger partial charge >= 0.3 is 0 Å². The molecule has 0 aliphatic rings. The Morgan fingerprint density at radius 1 is 1.21 bits per heavy atom. The zero-order valence-corrected chi connectivity index (χ0v) is 15.1. The molecule has 1 N–H and O–H groups in total. The molecule has 2 rings (SSSR count). The van der Waals surface area contributed by atoms with Crippen LogP contribution in [0.5, 0.6) is 0 Å². The van der Waals surface area contributed by atoms with Crippen molar-refractivity contribution < 1.29 is 0 Å². The number of likely N-dealkylation sites (N-methyl/N-ethyl adjacent to an activating group) is 1. The fourth-order valence-electron chi connectivity index (χ4n) is 1.96. The Labute approximate surface area is 134 Å². The van der Waals surface area contributed by atoms with Crippen LogP contribution in [-0.4, -0.2) is 12.0 Å². The molecule has 0 saturated heterocycles. The van der Waals surface area contributed by atoms with E-state index in [0.29, 0.717) is 0 Å². The highest BCUT2D eigenvalue weighted by atomic mass is 79.9. The first kappa shape index (κ1) is 15.2. The topological polar surface area (TPSA) is 24.9 Å².